The van der Waals surface area contributed by atoms with Crippen molar-refractivity contribution in [1.29, 1.82) is 0 Å². The van der Waals surface area contributed by atoms with E-state index in [9.17, 15) is 9.90 Å². The highest BCUT2D eigenvalue weighted by Crippen LogP contribution is 2.57. The van der Waals surface area contributed by atoms with E-state index in [0.29, 0.717) is 24.6 Å². The Morgan fingerprint density at radius 2 is 2.29 bits per heavy atom. The minimum Gasteiger partial charge on any atom is -0.389 e. The van der Waals surface area contributed by atoms with Gasteiger partial charge >= 0.3 is 0 Å². The number of hydrogen-bond acceptors (Lipinski definition) is 5. The highest BCUT2D eigenvalue weighted by atomic mass is 32.1. The number of amides is 1. The van der Waals surface area contributed by atoms with E-state index >= 15 is 0 Å². The molecule has 1 aliphatic carbocycles. The molecular weight excluding hydrogens is 324 g/mol. The predicted octanol–water partition coefficient (Wildman–Crippen LogP) is 1.96. The Morgan fingerprint density at radius 1 is 1.54 bits per heavy atom. The predicted molar refractivity (Wildman–Crippen MR) is 94.9 cm³/mol. The lowest BCUT2D eigenvalue weighted by Gasteiger charge is -2.35. The number of thiophene rings is 1. The molecule has 0 aromatic carbocycles. The van der Waals surface area contributed by atoms with Crippen LogP contribution in [0.3, 0.4) is 0 Å². The average molecular weight is 353 g/mol. The summed E-state index contributed by atoms with van der Waals surface area (Å²) >= 11 is 1.68. The number of carbonyl (C=O) groups is 1. The third-order valence-corrected chi connectivity index (χ3v) is 6.27. The van der Waals surface area contributed by atoms with E-state index in [1.54, 1.807) is 25.4 Å². The van der Waals surface area contributed by atoms with Crippen LogP contribution < -0.4 is 0 Å². The number of aliphatic hydroxyl groups is 1. The Bertz CT molecular complexity index is 540. The molecule has 1 aromatic heterocycles. The second-order valence-corrected chi connectivity index (χ2v) is 8.05. The molecule has 2 heterocycles. The number of aliphatic hydroxyl groups excluding tert-OH is 1. The zero-order chi connectivity index (χ0) is 17.2. The zero-order valence-corrected chi connectivity index (χ0v) is 15.4. The van der Waals surface area contributed by atoms with Gasteiger partial charge in [0.2, 0.25) is 5.91 Å². The number of β-amino-alcohol motifs (C(OH)–C–C–N with tert-alkyl or cyclic N) is 1. The normalized spacial score (nSPS) is 24.0. The number of likely N-dealkylation sites (tertiary alicyclic amines) is 1. The monoisotopic (exact) mass is 352 g/mol. The first-order chi connectivity index (χ1) is 11.5. The van der Waals surface area contributed by atoms with Crippen molar-refractivity contribution in [3.05, 3.63) is 22.4 Å². The summed E-state index contributed by atoms with van der Waals surface area (Å²) in [7, 11) is 1.62. The molecule has 2 aliphatic rings. The summed E-state index contributed by atoms with van der Waals surface area (Å²) in [5, 5.41) is 14.1. The van der Waals surface area contributed by atoms with E-state index in [1.807, 2.05) is 0 Å². The summed E-state index contributed by atoms with van der Waals surface area (Å²) in [5.74, 6) is 0.182. The summed E-state index contributed by atoms with van der Waals surface area (Å²) in [6.07, 6.45) is 2.95. The summed E-state index contributed by atoms with van der Waals surface area (Å²) in [4.78, 5) is 16.5. The molecule has 0 unspecified atom stereocenters. The number of methoxy groups -OCH3 is 1. The van der Waals surface area contributed by atoms with E-state index in [2.05, 4.69) is 26.6 Å². The molecule has 134 valence electrons. The topological polar surface area (TPSA) is 53.0 Å². The molecule has 6 heteroatoms. The van der Waals surface area contributed by atoms with Gasteiger partial charge in [-0.25, -0.2) is 0 Å². The van der Waals surface area contributed by atoms with Gasteiger partial charge in [-0.3, -0.25) is 4.79 Å². The summed E-state index contributed by atoms with van der Waals surface area (Å²) in [5.41, 5.74) is 1.54. The minimum atomic E-state index is -0.411. The molecule has 1 aliphatic heterocycles. The van der Waals surface area contributed by atoms with Crippen molar-refractivity contribution in [2.24, 2.45) is 5.41 Å². The molecule has 24 heavy (non-hydrogen) atoms. The van der Waals surface area contributed by atoms with Crippen LogP contribution >= 0.6 is 11.3 Å². The summed E-state index contributed by atoms with van der Waals surface area (Å²) in [6, 6.07) is 2.50. The Balaban J connectivity index is 1.53. The number of nitrogens with zero attached hydrogens (tertiary/aromatic N) is 2. The van der Waals surface area contributed by atoms with Gasteiger partial charge in [-0.05, 0) is 60.2 Å². The lowest BCUT2D eigenvalue weighted by atomic mass is 9.92. The van der Waals surface area contributed by atoms with E-state index in [4.69, 9.17) is 4.74 Å². The molecule has 0 bridgehead atoms. The van der Waals surface area contributed by atoms with Crippen molar-refractivity contribution in [1.82, 2.24) is 9.80 Å². The second-order valence-electron chi connectivity index (χ2n) is 7.27. The van der Waals surface area contributed by atoms with Gasteiger partial charge in [-0.1, -0.05) is 0 Å². The molecule has 2 atom stereocenters. The fourth-order valence-corrected chi connectivity index (χ4v) is 4.71. The Labute approximate surface area is 148 Å². The third-order valence-electron chi connectivity index (χ3n) is 5.54. The van der Waals surface area contributed by atoms with Gasteiger partial charge < -0.3 is 19.6 Å². The van der Waals surface area contributed by atoms with Crippen LogP contribution in [0, 0.1) is 5.41 Å². The molecule has 1 saturated carbocycles. The maximum absolute atomic E-state index is 12.1. The van der Waals surface area contributed by atoms with Crippen molar-refractivity contribution >= 4 is 17.2 Å². The molecule has 2 fully saturated rings. The van der Waals surface area contributed by atoms with Gasteiger partial charge in [-0.2, -0.15) is 11.3 Å². The molecule has 3 rings (SSSR count). The Morgan fingerprint density at radius 3 is 2.88 bits per heavy atom. The van der Waals surface area contributed by atoms with Crippen LogP contribution in [-0.2, 0) is 16.1 Å². The number of ether oxygens (including phenoxy) is 1. The van der Waals surface area contributed by atoms with Crippen molar-refractivity contribution in [2.75, 3.05) is 33.4 Å². The van der Waals surface area contributed by atoms with Crippen molar-refractivity contribution < 1.29 is 14.6 Å². The lowest BCUT2D eigenvalue weighted by molar-refractivity contribution is -0.130. The summed E-state index contributed by atoms with van der Waals surface area (Å²) in [6.45, 7) is 5.50. The molecular formula is C18H28N2O3S. The van der Waals surface area contributed by atoms with Crippen LogP contribution in [0.4, 0.5) is 0 Å². The molecule has 0 radical (unpaired) electrons. The first-order valence-electron chi connectivity index (χ1n) is 8.72. The van der Waals surface area contributed by atoms with E-state index in [-0.39, 0.29) is 5.91 Å². The molecule has 1 amide bonds. The average Bonchev–Trinajstić information content (AvgIpc) is 2.98. The van der Waals surface area contributed by atoms with E-state index < -0.39 is 6.10 Å². The maximum atomic E-state index is 12.1. The lowest BCUT2D eigenvalue weighted by Crippen LogP contribution is -2.43. The largest absolute Gasteiger partial charge is 0.389 e. The number of hydrogen-bond donors (Lipinski definition) is 1. The van der Waals surface area contributed by atoms with Crippen LogP contribution in [0.5, 0.6) is 0 Å². The molecule has 5 nitrogen and oxygen atoms in total. The fraction of sp³-hybridized carbons (Fsp3) is 0.722. The third kappa shape index (κ3) is 3.99. The number of rotatable bonds is 7. The zero-order valence-electron chi connectivity index (χ0n) is 14.6. The van der Waals surface area contributed by atoms with Crippen LogP contribution in [0.25, 0.3) is 0 Å². The van der Waals surface area contributed by atoms with Crippen molar-refractivity contribution in [2.45, 2.75) is 44.9 Å². The van der Waals surface area contributed by atoms with Crippen LogP contribution in [0.15, 0.2) is 16.8 Å². The quantitative estimate of drug-likeness (QED) is 0.815. The fourth-order valence-electron chi connectivity index (χ4n) is 4.05. The van der Waals surface area contributed by atoms with Gasteiger partial charge in [0.15, 0.2) is 0 Å². The van der Waals surface area contributed by atoms with Gasteiger partial charge in [0.25, 0.3) is 0 Å². The number of piperidine rings is 1. The maximum Gasteiger partial charge on any atom is 0.220 e. The SMILES string of the molecule is COC[C@@H](O)CN1CCC2(CC1)C[C@@H]2N(Cc1ccsc1)C(C)=O. The second kappa shape index (κ2) is 7.52. The Kier molecular flexibility index (Phi) is 5.59. The van der Waals surface area contributed by atoms with Crippen LogP contribution in [0.1, 0.15) is 31.7 Å². The van der Waals surface area contributed by atoms with E-state index in [1.165, 1.54) is 5.56 Å². The highest BCUT2D eigenvalue weighted by molar-refractivity contribution is 7.07. The van der Waals surface area contributed by atoms with Crippen LogP contribution in [-0.4, -0.2) is 66.3 Å². The first-order valence-corrected chi connectivity index (χ1v) is 9.66. The highest BCUT2D eigenvalue weighted by Gasteiger charge is 2.58. The van der Waals surface area contributed by atoms with Gasteiger partial charge in [0.1, 0.15) is 0 Å². The Hall–Kier alpha value is -0.950. The van der Waals surface area contributed by atoms with Crippen LogP contribution in [0.2, 0.25) is 0 Å². The minimum absolute atomic E-state index is 0.182. The van der Waals surface area contributed by atoms with Crippen molar-refractivity contribution in [3.8, 4) is 0 Å². The molecule has 1 spiro atoms. The number of carbonyl (C=O) groups excluding carboxylic acids is 1. The smallest absolute Gasteiger partial charge is 0.220 e. The van der Waals surface area contributed by atoms with E-state index in [0.717, 1.165) is 38.9 Å². The van der Waals surface area contributed by atoms with Crippen molar-refractivity contribution in [3.63, 3.8) is 0 Å². The first kappa shape index (κ1) is 17.9. The van der Waals surface area contributed by atoms with Gasteiger partial charge in [0.05, 0.1) is 12.7 Å². The van der Waals surface area contributed by atoms with Gasteiger partial charge in [0, 0.05) is 33.2 Å². The molecule has 1 aromatic rings. The molecule has 1 saturated heterocycles. The summed E-state index contributed by atoms with van der Waals surface area (Å²) < 4.78 is 5.00. The standard InChI is InChI=1S/C18H28N2O3S/c1-14(21)20(10-15-3-8-24-13-15)17-9-18(17)4-6-19(7-5-18)11-16(22)12-23-2/h3,8,13,16-17,22H,4-7,9-12H2,1-2H3/t16-,17-/m0/s1. The molecule has 1 N–H and O–H groups in total. The van der Waals surface area contributed by atoms with Gasteiger partial charge in [-0.15, -0.1) is 0 Å².